The van der Waals surface area contributed by atoms with Gasteiger partial charge in [-0.1, -0.05) is 33.8 Å². The summed E-state index contributed by atoms with van der Waals surface area (Å²) in [5.74, 6) is 0. The second-order valence-electron chi connectivity index (χ2n) is 4.05. The highest BCUT2D eigenvalue weighted by Crippen LogP contribution is 2.34. The third-order valence-corrected chi connectivity index (χ3v) is 3.10. The first-order valence-electron chi connectivity index (χ1n) is 5.34. The molecule has 78 valence electrons. The Labute approximate surface area is 86.4 Å². The van der Waals surface area contributed by atoms with Crippen LogP contribution >= 0.6 is 0 Å². The van der Waals surface area contributed by atoms with Crippen LogP contribution in [0.3, 0.4) is 0 Å². The lowest BCUT2D eigenvalue weighted by Crippen LogP contribution is -2.20. The van der Waals surface area contributed by atoms with Crippen LogP contribution in [0.5, 0.6) is 0 Å². The third-order valence-electron chi connectivity index (χ3n) is 3.10. The molecular weight excluding hydrogens is 172 g/mol. The van der Waals surface area contributed by atoms with E-state index < -0.39 is 0 Å². The van der Waals surface area contributed by atoms with E-state index in [1.54, 1.807) is 0 Å². The van der Waals surface area contributed by atoms with Crippen molar-refractivity contribution >= 4 is 6.08 Å². The molecule has 2 heteroatoms. The Kier molecular flexibility index (Phi) is 3.50. The fourth-order valence-corrected chi connectivity index (χ4v) is 1.99. The second-order valence-corrected chi connectivity index (χ2v) is 4.05. The fourth-order valence-electron chi connectivity index (χ4n) is 1.99. The Morgan fingerprint density at radius 1 is 1.57 bits per heavy atom. The van der Waals surface area contributed by atoms with Gasteiger partial charge >= 0.3 is 0 Å². The van der Waals surface area contributed by atoms with Gasteiger partial charge in [0.15, 0.2) is 0 Å². The van der Waals surface area contributed by atoms with Crippen molar-refractivity contribution in [3.05, 3.63) is 24.0 Å². The van der Waals surface area contributed by atoms with E-state index in [-0.39, 0.29) is 5.41 Å². The lowest BCUT2D eigenvalue weighted by molar-refractivity contribution is 0.413. The summed E-state index contributed by atoms with van der Waals surface area (Å²) < 4.78 is 0. The van der Waals surface area contributed by atoms with Gasteiger partial charge in [-0.05, 0) is 24.3 Å². The van der Waals surface area contributed by atoms with Crippen molar-refractivity contribution < 1.29 is 0 Å². The number of nitrogens with zero attached hydrogens (tertiary/aromatic N) is 1. The zero-order valence-corrected chi connectivity index (χ0v) is 9.43. The van der Waals surface area contributed by atoms with Crippen LogP contribution in [0.4, 0.5) is 0 Å². The summed E-state index contributed by atoms with van der Waals surface area (Å²) in [7, 11) is 0. The van der Waals surface area contributed by atoms with Gasteiger partial charge in [-0.3, -0.25) is 5.10 Å². The molecule has 2 nitrogen and oxygen atoms in total. The molecule has 0 saturated carbocycles. The minimum absolute atomic E-state index is 0.241. The molecule has 0 amide bonds. The average Bonchev–Trinajstić information content (AvgIpc) is 2.66. The molecule has 1 rings (SSSR count). The van der Waals surface area contributed by atoms with Crippen molar-refractivity contribution in [1.82, 2.24) is 10.2 Å². The minimum Gasteiger partial charge on any atom is -0.285 e. The summed E-state index contributed by atoms with van der Waals surface area (Å²) in [4.78, 5) is 0. The van der Waals surface area contributed by atoms with Gasteiger partial charge in [0.1, 0.15) is 0 Å². The summed E-state index contributed by atoms with van der Waals surface area (Å²) in [6.45, 7) is 10.5. The molecule has 1 N–H and O–H groups in total. The molecule has 14 heavy (non-hydrogen) atoms. The quantitative estimate of drug-likeness (QED) is 0.759. The van der Waals surface area contributed by atoms with Crippen molar-refractivity contribution in [1.29, 1.82) is 0 Å². The molecule has 1 atom stereocenters. The first kappa shape index (κ1) is 11.0. The Bertz CT molecular complexity index is 301. The molecular formula is C12H20N2. The van der Waals surface area contributed by atoms with Crippen LogP contribution in [-0.2, 0) is 5.41 Å². The molecule has 0 radical (unpaired) electrons. The van der Waals surface area contributed by atoms with Crippen LogP contribution in [0.1, 0.15) is 51.3 Å². The SMILES string of the molecule is C=Cc1n[nH]cc1C(C)(CC)CCC. The van der Waals surface area contributed by atoms with Gasteiger partial charge in [0.2, 0.25) is 0 Å². The fraction of sp³-hybridized carbons (Fsp3) is 0.583. The highest BCUT2D eigenvalue weighted by atomic mass is 15.1. The maximum absolute atomic E-state index is 4.19. The highest BCUT2D eigenvalue weighted by Gasteiger charge is 2.26. The van der Waals surface area contributed by atoms with Crippen LogP contribution < -0.4 is 0 Å². The molecule has 0 fully saturated rings. The molecule has 0 spiro atoms. The standard InChI is InChI=1S/C12H20N2/c1-5-8-12(4,7-3)10-9-13-14-11(10)6-2/h6,9H,2,5,7-8H2,1,3-4H3,(H,13,14). The predicted octanol–water partition coefficient (Wildman–Crippen LogP) is 3.52. The van der Waals surface area contributed by atoms with E-state index in [1.807, 2.05) is 12.3 Å². The van der Waals surface area contributed by atoms with Crippen molar-refractivity contribution in [2.24, 2.45) is 0 Å². The number of hydrogen-bond donors (Lipinski definition) is 1. The number of aromatic amines is 1. The average molecular weight is 192 g/mol. The van der Waals surface area contributed by atoms with Crippen molar-refractivity contribution in [2.75, 3.05) is 0 Å². The number of hydrogen-bond acceptors (Lipinski definition) is 1. The molecule has 1 aromatic rings. The lowest BCUT2D eigenvalue weighted by Gasteiger charge is -2.27. The van der Waals surface area contributed by atoms with Crippen molar-refractivity contribution in [3.63, 3.8) is 0 Å². The van der Waals surface area contributed by atoms with E-state index in [0.717, 1.165) is 12.1 Å². The third kappa shape index (κ3) is 1.89. The van der Waals surface area contributed by atoms with Crippen LogP contribution in [0.25, 0.3) is 6.08 Å². The normalized spacial score (nSPS) is 15.1. The van der Waals surface area contributed by atoms with Gasteiger partial charge in [-0.2, -0.15) is 5.10 Å². The maximum Gasteiger partial charge on any atom is 0.0880 e. The highest BCUT2D eigenvalue weighted by molar-refractivity contribution is 5.48. The van der Waals surface area contributed by atoms with E-state index >= 15 is 0 Å². The maximum atomic E-state index is 4.19. The largest absolute Gasteiger partial charge is 0.285 e. The Morgan fingerprint density at radius 3 is 2.79 bits per heavy atom. The summed E-state index contributed by atoms with van der Waals surface area (Å²) in [5.41, 5.74) is 2.55. The Hall–Kier alpha value is -1.05. The summed E-state index contributed by atoms with van der Waals surface area (Å²) in [6, 6.07) is 0. The van der Waals surface area contributed by atoms with E-state index in [9.17, 15) is 0 Å². The Balaban J connectivity index is 3.04. The van der Waals surface area contributed by atoms with E-state index in [0.29, 0.717) is 0 Å². The topological polar surface area (TPSA) is 28.7 Å². The number of nitrogens with one attached hydrogen (secondary N) is 1. The Morgan fingerprint density at radius 2 is 2.29 bits per heavy atom. The van der Waals surface area contributed by atoms with Crippen LogP contribution in [0.15, 0.2) is 12.8 Å². The first-order valence-corrected chi connectivity index (χ1v) is 5.34. The number of aromatic nitrogens is 2. The first-order chi connectivity index (χ1) is 6.68. The van der Waals surface area contributed by atoms with Crippen LogP contribution in [0.2, 0.25) is 0 Å². The van der Waals surface area contributed by atoms with Crippen molar-refractivity contribution in [2.45, 2.75) is 45.4 Å². The molecule has 0 aliphatic carbocycles. The summed E-state index contributed by atoms with van der Waals surface area (Å²) >= 11 is 0. The van der Waals surface area contributed by atoms with Gasteiger partial charge in [0.05, 0.1) is 5.69 Å². The zero-order valence-electron chi connectivity index (χ0n) is 9.43. The van der Waals surface area contributed by atoms with E-state index in [1.165, 1.54) is 18.4 Å². The molecule has 0 saturated heterocycles. The molecule has 0 bridgehead atoms. The summed E-state index contributed by atoms with van der Waals surface area (Å²) in [5, 5.41) is 7.11. The van der Waals surface area contributed by atoms with E-state index in [2.05, 4.69) is 37.5 Å². The number of H-pyrrole nitrogens is 1. The number of rotatable bonds is 5. The smallest absolute Gasteiger partial charge is 0.0880 e. The summed E-state index contributed by atoms with van der Waals surface area (Å²) in [6.07, 6.45) is 7.38. The monoisotopic (exact) mass is 192 g/mol. The molecule has 1 unspecified atom stereocenters. The lowest BCUT2D eigenvalue weighted by atomic mass is 9.76. The molecule has 1 aromatic heterocycles. The van der Waals surface area contributed by atoms with Crippen molar-refractivity contribution in [3.8, 4) is 0 Å². The van der Waals surface area contributed by atoms with Crippen LogP contribution in [0, 0.1) is 0 Å². The van der Waals surface area contributed by atoms with Gasteiger partial charge in [0, 0.05) is 11.8 Å². The van der Waals surface area contributed by atoms with Crippen LogP contribution in [-0.4, -0.2) is 10.2 Å². The molecule has 0 aromatic carbocycles. The van der Waals surface area contributed by atoms with Gasteiger partial charge in [0.25, 0.3) is 0 Å². The molecule has 0 aliphatic rings. The molecule has 1 heterocycles. The minimum atomic E-state index is 0.241. The van der Waals surface area contributed by atoms with Gasteiger partial charge < -0.3 is 0 Å². The second kappa shape index (κ2) is 4.45. The predicted molar refractivity (Wildman–Crippen MR) is 61.2 cm³/mol. The van der Waals surface area contributed by atoms with Gasteiger partial charge in [-0.15, -0.1) is 0 Å². The molecule has 0 aliphatic heterocycles. The van der Waals surface area contributed by atoms with Gasteiger partial charge in [-0.25, -0.2) is 0 Å². The zero-order chi connectivity index (χ0) is 10.6. The van der Waals surface area contributed by atoms with E-state index in [4.69, 9.17) is 0 Å².